The molecule has 3 aromatic rings. The SMILES string of the molecule is C=C(C)C(=O)N1Cc2c(NC(C)c3cc(N)cc(C(F)(F)F)c3)nc3nncn3c2C1. The lowest BCUT2D eigenvalue weighted by Gasteiger charge is -2.19. The minimum Gasteiger partial charge on any atom is -0.399 e. The van der Waals surface area contributed by atoms with Crippen LogP contribution >= 0.6 is 0 Å². The Morgan fingerprint density at radius 1 is 1.29 bits per heavy atom. The number of nitrogens with one attached hydrogen (secondary N) is 1. The van der Waals surface area contributed by atoms with E-state index in [0.29, 0.717) is 29.3 Å². The lowest BCUT2D eigenvalue weighted by molar-refractivity contribution is -0.137. The number of alkyl halides is 3. The van der Waals surface area contributed by atoms with Gasteiger partial charge in [-0.15, -0.1) is 10.2 Å². The maximum Gasteiger partial charge on any atom is 0.416 e. The molecule has 0 saturated carbocycles. The fourth-order valence-electron chi connectivity index (χ4n) is 3.62. The maximum atomic E-state index is 13.2. The van der Waals surface area contributed by atoms with Crippen molar-refractivity contribution in [2.45, 2.75) is 39.2 Å². The normalized spacial score (nSPS) is 14.5. The molecule has 1 aliphatic heterocycles. The number of carbonyl (C=O) groups is 1. The summed E-state index contributed by atoms with van der Waals surface area (Å²) < 4.78 is 41.3. The van der Waals surface area contributed by atoms with E-state index in [4.69, 9.17) is 5.73 Å². The molecule has 1 aromatic carbocycles. The zero-order valence-electron chi connectivity index (χ0n) is 16.9. The van der Waals surface area contributed by atoms with Crippen molar-refractivity contribution < 1.29 is 18.0 Å². The number of hydrogen-bond donors (Lipinski definition) is 2. The number of aromatic nitrogens is 4. The topological polar surface area (TPSA) is 101 Å². The van der Waals surface area contributed by atoms with Gasteiger partial charge in [-0.05, 0) is 37.6 Å². The van der Waals surface area contributed by atoms with Crippen molar-refractivity contribution in [3.8, 4) is 0 Å². The number of rotatable bonds is 4. The summed E-state index contributed by atoms with van der Waals surface area (Å²) in [5, 5.41) is 11.0. The summed E-state index contributed by atoms with van der Waals surface area (Å²) in [4.78, 5) is 18.5. The van der Waals surface area contributed by atoms with Crippen LogP contribution < -0.4 is 11.1 Å². The smallest absolute Gasteiger partial charge is 0.399 e. The second kappa shape index (κ2) is 7.25. The van der Waals surface area contributed by atoms with Gasteiger partial charge in [0.2, 0.25) is 5.91 Å². The third-order valence-electron chi connectivity index (χ3n) is 5.17. The highest BCUT2D eigenvalue weighted by Gasteiger charge is 2.32. The molecule has 1 atom stereocenters. The van der Waals surface area contributed by atoms with E-state index in [1.54, 1.807) is 23.1 Å². The van der Waals surface area contributed by atoms with Crippen LogP contribution in [-0.4, -0.2) is 30.4 Å². The van der Waals surface area contributed by atoms with Crippen LogP contribution in [0.3, 0.4) is 0 Å². The van der Waals surface area contributed by atoms with Crippen LogP contribution in [-0.2, 0) is 24.1 Å². The van der Waals surface area contributed by atoms with E-state index in [1.807, 2.05) is 0 Å². The summed E-state index contributed by atoms with van der Waals surface area (Å²) in [6.07, 6.45) is -3.00. The molecule has 1 amide bonds. The highest BCUT2D eigenvalue weighted by atomic mass is 19.4. The molecule has 0 aliphatic carbocycles. The number of amides is 1. The van der Waals surface area contributed by atoms with E-state index in [2.05, 4.69) is 27.1 Å². The molecule has 1 aliphatic rings. The van der Waals surface area contributed by atoms with Crippen LogP contribution in [0, 0.1) is 0 Å². The molecule has 1 unspecified atom stereocenters. The first-order valence-corrected chi connectivity index (χ1v) is 9.45. The molecule has 4 rings (SSSR count). The largest absolute Gasteiger partial charge is 0.416 e. The number of nitrogens with two attached hydrogens (primary N) is 1. The predicted octanol–water partition coefficient (Wildman–Crippen LogP) is 3.32. The minimum atomic E-state index is -4.51. The third kappa shape index (κ3) is 3.78. The highest BCUT2D eigenvalue weighted by Crippen LogP contribution is 2.35. The molecule has 2 aromatic heterocycles. The van der Waals surface area contributed by atoms with Crippen LogP contribution in [0.1, 0.15) is 42.3 Å². The van der Waals surface area contributed by atoms with Crippen LogP contribution in [0.2, 0.25) is 0 Å². The van der Waals surface area contributed by atoms with E-state index < -0.39 is 17.8 Å². The number of benzene rings is 1. The van der Waals surface area contributed by atoms with Gasteiger partial charge < -0.3 is 16.0 Å². The average Bonchev–Trinajstić information content (AvgIpc) is 3.32. The summed E-state index contributed by atoms with van der Waals surface area (Å²) in [5.74, 6) is 0.555. The number of halogens is 3. The zero-order valence-corrected chi connectivity index (χ0v) is 16.9. The van der Waals surface area contributed by atoms with Gasteiger partial charge in [-0.3, -0.25) is 9.20 Å². The number of hydrogen-bond acceptors (Lipinski definition) is 6. The van der Waals surface area contributed by atoms with E-state index in [-0.39, 0.29) is 18.1 Å². The number of nitrogen functional groups attached to an aromatic ring is 1. The first kappa shape index (κ1) is 20.6. The molecule has 0 fully saturated rings. The Hall–Kier alpha value is -3.63. The van der Waals surface area contributed by atoms with Gasteiger partial charge in [-0.2, -0.15) is 18.2 Å². The fourth-order valence-corrected chi connectivity index (χ4v) is 3.62. The molecule has 162 valence electrons. The molecule has 3 N–H and O–H groups in total. The molecule has 3 heterocycles. The average molecular weight is 431 g/mol. The van der Waals surface area contributed by atoms with Gasteiger partial charge in [0, 0.05) is 16.8 Å². The first-order chi connectivity index (χ1) is 14.5. The van der Waals surface area contributed by atoms with E-state index >= 15 is 0 Å². The lowest BCUT2D eigenvalue weighted by Crippen LogP contribution is -2.25. The second-order valence-electron chi connectivity index (χ2n) is 7.58. The number of anilines is 2. The van der Waals surface area contributed by atoms with Gasteiger partial charge >= 0.3 is 6.18 Å². The third-order valence-corrected chi connectivity index (χ3v) is 5.17. The van der Waals surface area contributed by atoms with Crippen molar-refractivity contribution in [1.82, 2.24) is 24.5 Å². The monoisotopic (exact) mass is 431 g/mol. The van der Waals surface area contributed by atoms with Crippen LogP contribution in [0.4, 0.5) is 24.7 Å². The molecular formula is C20H20F3N7O. The zero-order chi connectivity index (χ0) is 22.5. The van der Waals surface area contributed by atoms with Gasteiger partial charge in [0.1, 0.15) is 12.1 Å². The Bertz CT molecular complexity index is 1200. The molecule has 11 heteroatoms. The van der Waals surface area contributed by atoms with Crippen molar-refractivity contribution in [3.63, 3.8) is 0 Å². The molecule has 0 spiro atoms. The Balaban J connectivity index is 1.71. The Morgan fingerprint density at radius 2 is 2.03 bits per heavy atom. The van der Waals surface area contributed by atoms with Crippen LogP contribution in [0.15, 0.2) is 36.7 Å². The van der Waals surface area contributed by atoms with Crippen molar-refractivity contribution in [2.24, 2.45) is 0 Å². The van der Waals surface area contributed by atoms with Gasteiger partial charge in [0.25, 0.3) is 5.78 Å². The minimum absolute atomic E-state index is 0.0165. The quantitative estimate of drug-likeness (QED) is 0.486. The molecule has 8 nitrogen and oxygen atoms in total. The maximum absolute atomic E-state index is 13.2. The predicted molar refractivity (Wildman–Crippen MR) is 108 cm³/mol. The van der Waals surface area contributed by atoms with E-state index in [1.165, 1.54) is 12.4 Å². The fraction of sp³-hybridized carbons (Fsp3) is 0.300. The van der Waals surface area contributed by atoms with Crippen LogP contribution in [0.25, 0.3) is 5.78 Å². The second-order valence-corrected chi connectivity index (χ2v) is 7.58. The van der Waals surface area contributed by atoms with Gasteiger partial charge in [-0.1, -0.05) is 6.58 Å². The summed E-state index contributed by atoms with van der Waals surface area (Å²) in [7, 11) is 0. The molecular weight excluding hydrogens is 411 g/mol. The Kier molecular flexibility index (Phi) is 4.83. The number of nitrogens with zero attached hydrogens (tertiary/aromatic N) is 5. The van der Waals surface area contributed by atoms with Gasteiger partial charge in [-0.25, -0.2) is 0 Å². The van der Waals surface area contributed by atoms with E-state index in [0.717, 1.165) is 23.4 Å². The first-order valence-electron chi connectivity index (χ1n) is 9.45. The molecule has 0 radical (unpaired) electrons. The van der Waals surface area contributed by atoms with Crippen molar-refractivity contribution >= 4 is 23.2 Å². The van der Waals surface area contributed by atoms with Crippen molar-refractivity contribution in [2.75, 3.05) is 11.1 Å². The van der Waals surface area contributed by atoms with Gasteiger partial charge in [0.05, 0.1) is 30.4 Å². The summed E-state index contributed by atoms with van der Waals surface area (Å²) in [6.45, 7) is 7.65. The summed E-state index contributed by atoms with van der Waals surface area (Å²) in [6, 6.07) is 2.90. The van der Waals surface area contributed by atoms with Crippen LogP contribution in [0.5, 0.6) is 0 Å². The molecule has 0 bridgehead atoms. The Labute approximate surface area is 175 Å². The highest BCUT2D eigenvalue weighted by molar-refractivity contribution is 5.92. The van der Waals surface area contributed by atoms with Crippen molar-refractivity contribution in [1.29, 1.82) is 0 Å². The summed E-state index contributed by atoms with van der Waals surface area (Å²) >= 11 is 0. The van der Waals surface area contributed by atoms with Gasteiger partial charge in [0.15, 0.2) is 0 Å². The summed E-state index contributed by atoms with van der Waals surface area (Å²) in [5.41, 5.74) is 7.19. The standard InChI is InChI=1S/C20H20F3N7O/c1-10(2)18(31)29-7-15-16(8-29)30-9-25-28-19(30)27-17(15)26-11(3)12-4-13(20(21,22)23)6-14(24)5-12/h4-6,9,11H,1,7-8,24H2,2-3H3,(H,26,27,28). The molecule has 0 saturated heterocycles. The van der Waals surface area contributed by atoms with E-state index in [9.17, 15) is 18.0 Å². The van der Waals surface area contributed by atoms with Crippen molar-refractivity contribution in [3.05, 3.63) is 59.1 Å². The molecule has 31 heavy (non-hydrogen) atoms. The number of carbonyl (C=O) groups excluding carboxylic acids is 1. The lowest BCUT2D eigenvalue weighted by atomic mass is 10.0. The number of fused-ring (bicyclic) bond motifs is 3. The Morgan fingerprint density at radius 3 is 2.71 bits per heavy atom.